The van der Waals surface area contributed by atoms with Gasteiger partial charge < -0.3 is 23.3 Å². The van der Waals surface area contributed by atoms with E-state index in [1.807, 2.05) is 25.1 Å². The standard InChI is InChI=1S/C30H38NO8P/c1-8-15-35-26-17-25-23(10-9-16-36-25)27-28(26)31(19-37-40(33,38-20(2)3)39-30(4,5)6)18-24(29(27)32)21-11-13-22(34-7)14-12-21/h11-14,17-18H,2,8-10,15-16,19H2,1,3-7H3. The summed E-state index contributed by atoms with van der Waals surface area (Å²) in [4.78, 5) is 14.2. The van der Waals surface area contributed by atoms with Crippen molar-refractivity contribution in [2.45, 2.75) is 66.2 Å². The van der Waals surface area contributed by atoms with Crippen LogP contribution in [0.15, 0.2) is 53.7 Å². The van der Waals surface area contributed by atoms with Crippen molar-refractivity contribution in [2.75, 3.05) is 20.3 Å². The summed E-state index contributed by atoms with van der Waals surface area (Å²) in [5.41, 5.74) is 1.48. The molecular formula is C30H38NO8P. The molecule has 40 heavy (non-hydrogen) atoms. The molecule has 216 valence electrons. The second kappa shape index (κ2) is 12.1. The minimum atomic E-state index is -4.09. The second-order valence-corrected chi connectivity index (χ2v) is 12.2. The third-order valence-corrected chi connectivity index (χ3v) is 7.81. The average molecular weight is 572 g/mol. The van der Waals surface area contributed by atoms with Crippen molar-refractivity contribution in [3.05, 3.63) is 64.7 Å². The number of methoxy groups -OCH3 is 1. The summed E-state index contributed by atoms with van der Waals surface area (Å²) >= 11 is 0. The summed E-state index contributed by atoms with van der Waals surface area (Å²) in [7, 11) is -2.50. The number of ether oxygens (including phenoxy) is 3. The van der Waals surface area contributed by atoms with E-state index in [9.17, 15) is 9.36 Å². The van der Waals surface area contributed by atoms with Crippen molar-refractivity contribution in [1.29, 1.82) is 0 Å². The Kier molecular flexibility index (Phi) is 8.98. The summed E-state index contributed by atoms with van der Waals surface area (Å²) < 4.78 is 49.9. The minimum Gasteiger partial charge on any atom is -0.497 e. The third-order valence-electron chi connectivity index (χ3n) is 6.08. The summed E-state index contributed by atoms with van der Waals surface area (Å²) in [5.74, 6) is 1.97. The largest absolute Gasteiger partial charge is 0.531 e. The number of benzene rings is 2. The van der Waals surface area contributed by atoms with E-state index in [-0.39, 0.29) is 17.9 Å². The monoisotopic (exact) mass is 571 g/mol. The third kappa shape index (κ3) is 6.72. The van der Waals surface area contributed by atoms with Crippen LogP contribution in [-0.2, 0) is 31.3 Å². The molecule has 1 aliphatic rings. The SMILES string of the molecule is C=C(C)OP(=O)(OCn1cc(-c2ccc(OC)cc2)c(=O)c2c3c(cc(OCCC)c21)OCCC3)OC(C)(C)C. The Labute approximate surface area is 235 Å². The predicted octanol–water partition coefficient (Wildman–Crippen LogP) is 7.24. The number of phosphoric acid groups is 1. The lowest BCUT2D eigenvalue weighted by molar-refractivity contribution is 0.0426. The Morgan fingerprint density at radius 2 is 1.93 bits per heavy atom. The zero-order chi connectivity index (χ0) is 29.1. The Hall–Kier alpha value is -3.26. The molecule has 10 heteroatoms. The van der Waals surface area contributed by atoms with Gasteiger partial charge in [0.2, 0.25) is 0 Å². The maximum absolute atomic E-state index is 14.2. The van der Waals surface area contributed by atoms with Crippen molar-refractivity contribution in [2.24, 2.45) is 0 Å². The highest BCUT2D eigenvalue weighted by Gasteiger charge is 2.35. The lowest BCUT2D eigenvalue weighted by Gasteiger charge is -2.27. The van der Waals surface area contributed by atoms with Crippen LogP contribution in [0.5, 0.6) is 17.2 Å². The molecule has 0 saturated heterocycles. The molecular weight excluding hydrogens is 533 g/mol. The van der Waals surface area contributed by atoms with Crippen LogP contribution in [0.3, 0.4) is 0 Å². The van der Waals surface area contributed by atoms with Gasteiger partial charge in [-0.05, 0) is 64.7 Å². The lowest BCUT2D eigenvalue weighted by Crippen LogP contribution is -2.21. The molecule has 1 atom stereocenters. The highest BCUT2D eigenvalue weighted by molar-refractivity contribution is 7.48. The van der Waals surface area contributed by atoms with E-state index in [4.69, 9.17) is 27.8 Å². The van der Waals surface area contributed by atoms with Gasteiger partial charge in [-0.15, -0.1) is 0 Å². The van der Waals surface area contributed by atoms with Crippen molar-refractivity contribution in [1.82, 2.24) is 4.57 Å². The van der Waals surface area contributed by atoms with E-state index in [2.05, 4.69) is 6.58 Å². The van der Waals surface area contributed by atoms with E-state index in [1.165, 1.54) is 0 Å². The summed E-state index contributed by atoms with van der Waals surface area (Å²) in [6.07, 6.45) is 3.90. The number of hydrogen-bond acceptors (Lipinski definition) is 8. The molecule has 1 aliphatic heterocycles. The molecule has 4 rings (SSSR count). The van der Waals surface area contributed by atoms with Gasteiger partial charge in [0, 0.05) is 23.4 Å². The fraction of sp³-hybridized carbons (Fsp3) is 0.433. The molecule has 0 N–H and O–H groups in total. The van der Waals surface area contributed by atoms with Crippen LogP contribution in [-0.4, -0.2) is 30.5 Å². The summed E-state index contributed by atoms with van der Waals surface area (Å²) in [6, 6.07) is 9.07. The smallest absolute Gasteiger partial charge is 0.497 e. The lowest BCUT2D eigenvalue weighted by atomic mass is 9.96. The fourth-order valence-corrected chi connectivity index (χ4v) is 6.01. The van der Waals surface area contributed by atoms with Gasteiger partial charge in [0.05, 0.1) is 42.6 Å². The highest BCUT2D eigenvalue weighted by atomic mass is 31.2. The van der Waals surface area contributed by atoms with Crippen LogP contribution < -0.4 is 19.6 Å². The molecule has 1 aromatic heterocycles. The van der Waals surface area contributed by atoms with Gasteiger partial charge in [0.15, 0.2) is 5.43 Å². The molecule has 9 nitrogen and oxygen atoms in total. The molecule has 0 aliphatic carbocycles. The maximum atomic E-state index is 14.2. The number of aromatic nitrogens is 1. The number of aryl methyl sites for hydroxylation is 1. The van der Waals surface area contributed by atoms with Crippen molar-refractivity contribution < 1.29 is 32.3 Å². The van der Waals surface area contributed by atoms with Crippen LogP contribution in [0.2, 0.25) is 0 Å². The normalized spacial score (nSPS) is 14.7. The molecule has 0 fully saturated rings. The van der Waals surface area contributed by atoms with E-state index < -0.39 is 13.4 Å². The van der Waals surface area contributed by atoms with Gasteiger partial charge in [-0.25, -0.2) is 4.57 Å². The number of phosphoric ester groups is 1. The molecule has 3 aromatic rings. The van der Waals surface area contributed by atoms with Gasteiger partial charge in [0.25, 0.3) is 0 Å². The summed E-state index contributed by atoms with van der Waals surface area (Å²) in [5, 5.41) is 0.479. The summed E-state index contributed by atoms with van der Waals surface area (Å²) in [6.45, 7) is 13.3. The first kappa shape index (κ1) is 29.7. The maximum Gasteiger partial charge on any atom is 0.531 e. The molecule has 0 radical (unpaired) electrons. The quantitative estimate of drug-likeness (QED) is 0.176. The minimum absolute atomic E-state index is 0.160. The first-order valence-corrected chi connectivity index (χ1v) is 14.8. The van der Waals surface area contributed by atoms with Gasteiger partial charge in [0.1, 0.15) is 24.0 Å². The number of pyridine rings is 1. The van der Waals surface area contributed by atoms with Gasteiger partial charge in [-0.3, -0.25) is 13.8 Å². The Morgan fingerprint density at radius 3 is 2.55 bits per heavy atom. The zero-order valence-electron chi connectivity index (χ0n) is 24.1. The Balaban J connectivity index is 1.95. The predicted molar refractivity (Wildman–Crippen MR) is 155 cm³/mol. The number of fused-ring (bicyclic) bond motifs is 3. The zero-order valence-corrected chi connectivity index (χ0v) is 25.0. The Bertz CT molecular complexity index is 1490. The fourth-order valence-electron chi connectivity index (χ4n) is 4.55. The molecule has 2 heterocycles. The van der Waals surface area contributed by atoms with E-state index in [0.29, 0.717) is 58.9 Å². The number of hydrogen-bond donors (Lipinski definition) is 0. The van der Waals surface area contributed by atoms with Crippen molar-refractivity contribution >= 4 is 18.7 Å². The van der Waals surface area contributed by atoms with Crippen molar-refractivity contribution in [3.8, 4) is 28.4 Å². The van der Waals surface area contributed by atoms with Crippen molar-refractivity contribution in [3.63, 3.8) is 0 Å². The van der Waals surface area contributed by atoms with Crippen LogP contribution in [0.4, 0.5) is 0 Å². The molecule has 0 amide bonds. The number of allylic oxidation sites excluding steroid dienone is 1. The Morgan fingerprint density at radius 1 is 1.20 bits per heavy atom. The molecule has 0 spiro atoms. The van der Waals surface area contributed by atoms with E-state index >= 15 is 0 Å². The van der Waals surface area contributed by atoms with Crippen LogP contribution >= 0.6 is 7.82 Å². The molecule has 2 aromatic carbocycles. The van der Waals surface area contributed by atoms with Gasteiger partial charge in [-0.2, -0.15) is 0 Å². The van der Waals surface area contributed by atoms with E-state index in [0.717, 1.165) is 18.4 Å². The van der Waals surface area contributed by atoms with E-state index in [1.54, 1.807) is 57.7 Å². The van der Waals surface area contributed by atoms with Crippen LogP contribution in [0.25, 0.3) is 22.0 Å². The van der Waals surface area contributed by atoms with Gasteiger partial charge in [-0.1, -0.05) is 25.6 Å². The van der Waals surface area contributed by atoms with Crippen LogP contribution in [0, 0.1) is 0 Å². The molecule has 1 unspecified atom stereocenters. The number of nitrogens with zero attached hydrogens (tertiary/aromatic N) is 1. The first-order chi connectivity index (χ1) is 18.9. The topological polar surface area (TPSA) is 94.5 Å². The molecule has 0 bridgehead atoms. The van der Waals surface area contributed by atoms with Crippen LogP contribution in [0.1, 0.15) is 53.0 Å². The first-order valence-electron chi connectivity index (χ1n) is 13.4. The molecule has 0 saturated carbocycles. The highest BCUT2D eigenvalue weighted by Crippen LogP contribution is 2.54. The average Bonchev–Trinajstić information content (AvgIpc) is 2.89. The number of rotatable bonds is 11. The van der Waals surface area contributed by atoms with Gasteiger partial charge >= 0.3 is 7.82 Å². The second-order valence-electron chi connectivity index (χ2n) is 10.6.